The Morgan fingerprint density at radius 1 is 1.30 bits per heavy atom. The van der Waals surface area contributed by atoms with Gasteiger partial charge in [-0.1, -0.05) is 43.2 Å². The van der Waals surface area contributed by atoms with Crippen LogP contribution < -0.4 is 0 Å². The molecule has 2 rings (SSSR count). The van der Waals surface area contributed by atoms with E-state index < -0.39 is 6.10 Å². The van der Waals surface area contributed by atoms with Crippen LogP contribution in [-0.2, 0) is 11.3 Å². The third kappa shape index (κ3) is 3.73. The Morgan fingerprint density at radius 3 is 2.65 bits per heavy atom. The van der Waals surface area contributed by atoms with Gasteiger partial charge in [0.1, 0.15) is 0 Å². The van der Waals surface area contributed by atoms with Gasteiger partial charge in [-0.3, -0.25) is 4.90 Å². The molecule has 0 unspecified atom stereocenters. The van der Waals surface area contributed by atoms with E-state index in [1.165, 1.54) is 0 Å². The molecule has 4 nitrogen and oxygen atoms in total. The molecule has 0 aromatic heterocycles. The lowest BCUT2D eigenvalue weighted by Crippen LogP contribution is -2.48. The number of nitrogens with zero attached hydrogens (tertiary/aromatic N) is 1. The van der Waals surface area contributed by atoms with Crippen LogP contribution in [0.1, 0.15) is 38.2 Å². The van der Waals surface area contributed by atoms with Gasteiger partial charge in [0.15, 0.2) is 0 Å². The van der Waals surface area contributed by atoms with E-state index in [9.17, 15) is 9.90 Å². The molecule has 110 valence electrons. The first-order chi connectivity index (χ1) is 9.72. The number of ether oxygens (including phenoxy) is 1. The van der Waals surface area contributed by atoms with Crippen molar-refractivity contribution in [1.29, 1.82) is 0 Å². The van der Waals surface area contributed by atoms with E-state index in [0.717, 1.165) is 31.2 Å². The fraction of sp³-hybridized carbons (Fsp3) is 0.562. The lowest BCUT2D eigenvalue weighted by molar-refractivity contribution is 0.0105. The molecule has 20 heavy (non-hydrogen) atoms. The minimum absolute atomic E-state index is 0.136. The van der Waals surface area contributed by atoms with Crippen LogP contribution in [0, 0.1) is 0 Å². The van der Waals surface area contributed by atoms with Crippen LogP contribution in [0.3, 0.4) is 0 Å². The number of hydrogen-bond donors (Lipinski definition) is 1. The Labute approximate surface area is 120 Å². The van der Waals surface area contributed by atoms with Crippen LogP contribution in [0.2, 0.25) is 0 Å². The summed E-state index contributed by atoms with van der Waals surface area (Å²) in [5, 5.41) is 10.2. The molecule has 1 N–H and O–H groups in total. The van der Waals surface area contributed by atoms with Crippen LogP contribution in [0.25, 0.3) is 0 Å². The Kier molecular flexibility index (Phi) is 5.41. The highest BCUT2D eigenvalue weighted by Crippen LogP contribution is 2.25. The molecule has 1 amide bonds. The molecule has 0 spiro atoms. The molecule has 2 atom stereocenters. The molecule has 1 saturated carbocycles. The monoisotopic (exact) mass is 277 g/mol. The van der Waals surface area contributed by atoms with Crippen molar-refractivity contribution < 1.29 is 14.6 Å². The molecule has 1 aromatic rings. The molecule has 1 aliphatic carbocycles. The van der Waals surface area contributed by atoms with Crippen LogP contribution in [0.4, 0.5) is 4.79 Å². The van der Waals surface area contributed by atoms with E-state index in [0.29, 0.717) is 13.2 Å². The lowest BCUT2D eigenvalue weighted by atomic mass is 9.91. The molecule has 0 aliphatic heterocycles. The molecular weight excluding hydrogens is 254 g/mol. The van der Waals surface area contributed by atoms with Gasteiger partial charge in [-0.15, -0.1) is 0 Å². The Balaban J connectivity index is 2.13. The van der Waals surface area contributed by atoms with Crippen molar-refractivity contribution >= 4 is 6.09 Å². The molecule has 1 fully saturated rings. The summed E-state index contributed by atoms with van der Waals surface area (Å²) in [7, 11) is 0. The average Bonchev–Trinajstić information content (AvgIpc) is 2.47. The maximum atomic E-state index is 12.2. The highest BCUT2D eigenvalue weighted by atomic mass is 16.6. The van der Waals surface area contributed by atoms with Gasteiger partial charge in [0.05, 0.1) is 18.8 Å². The fourth-order valence-corrected chi connectivity index (χ4v) is 2.76. The van der Waals surface area contributed by atoms with Gasteiger partial charge in [-0.05, 0) is 25.3 Å². The third-order valence-electron chi connectivity index (χ3n) is 3.79. The van der Waals surface area contributed by atoms with Crippen molar-refractivity contribution in [3.63, 3.8) is 0 Å². The molecule has 0 bridgehead atoms. The van der Waals surface area contributed by atoms with Crippen LogP contribution >= 0.6 is 0 Å². The quantitative estimate of drug-likeness (QED) is 0.920. The van der Waals surface area contributed by atoms with E-state index in [2.05, 4.69) is 0 Å². The minimum Gasteiger partial charge on any atom is -0.450 e. The first kappa shape index (κ1) is 14.9. The predicted octanol–water partition coefficient (Wildman–Crippen LogP) is 2.95. The Morgan fingerprint density at radius 2 is 2.00 bits per heavy atom. The predicted molar refractivity (Wildman–Crippen MR) is 77.3 cm³/mol. The summed E-state index contributed by atoms with van der Waals surface area (Å²) in [4.78, 5) is 13.9. The number of aliphatic hydroxyl groups is 1. The van der Waals surface area contributed by atoms with Crippen molar-refractivity contribution in [1.82, 2.24) is 4.90 Å². The van der Waals surface area contributed by atoms with Gasteiger partial charge in [-0.2, -0.15) is 0 Å². The van der Waals surface area contributed by atoms with E-state index in [4.69, 9.17) is 4.74 Å². The number of aliphatic hydroxyl groups excluding tert-OH is 1. The molecule has 4 heteroatoms. The van der Waals surface area contributed by atoms with Gasteiger partial charge >= 0.3 is 6.09 Å². The number of carbonyl (C=O) groups is 1. The van der Waals surface area contributed by atoms with E-state index >= 15 is 0 Å². The Hall–Kier alpha value is -1.55. The summed E-state index contributed by atoms with van der Waals surface area (Å²) in [6.07, 6.45) is 2.90. The van der Waals surface area contributed by atoms with Gasteiger partial charge in [0.2, 0.25) is 0 Å². The zero-order valence-electron chi connectivity index (χ0n) is 12.0. The summed E-state index contributed by atoms with van der Waals surface area (Å²) < 4.78 is 5.15. The fourth-order valence-electron chi connectivity index (χ4n) is 2.76. The highest BCUT2D eigenvalue weighted by molar-refractivity contribution is 5.68. The normalized spacial score (nSPS) is 22.3. The summed E-state index contributed by atoms with van der Waals surface area (Å²) in [6, 6.07) is 9.70. The van der Waals surface area contributed by atoms with Gasteiger partial charge in [-0.25, -0.2) is 4.79 Å². The van der Waals surface area contributed by atoms with Crippen LogP contribution in [-0.4, -0.2) is 34.9 Å². The maximum absolute atomic E-state index is 12.2. The summed E-state index contributed by atoms with van der Waals surface area (Å²) in [5.74, 6) is 0. The van der Waals surface area contributed by atoms with Crippen molar-refractivity contribution in [2.75, 3.05) is 6.61 Å². The molecule has 0 saturated heterocycles. The topological polar surface area (TPSA) is 49.8 Å². The zero-order valence-corrected chi connectivity index (χ0v) is 12.0. The zero-order chi connectivity index (χ0) is 14.4. The second-order valence-corrected chi connectivity index (χ2v) is 5.23. The van der Waals surface area contributed by atoms with Crippen molar-refractivity contribution in [2.45, 2.75) is 51.3 Å². The second-order valence-electron chi connectivity index (χ2n) is 5.23. The van der Waals surface area contributed by atoms with E-state index in [-0.39, 0.29) is 12.1 Å². The molecule has 0 heterocycles. The average molecular weight is 277 g/mol. The van der Waals surface area contributed by atoms with Crippen molar-refractivity contribution in [2.24, 2.45) is 0 Å². The van der Waals surface area contributed by atoms with E-state index in [1.807, 2.05) is 30.3 Å². The lowest BCUT2D eigenvalue weighted by Gasteiger charge is -2.37. The number of amides is 1. The first-order valence-electron chi connectivity index (χ1n) is 7.37. The summed E-state index contributed by atoms with van der Waals surface area (Å²) >= 11 is 0. The van der Waals surface area contributed by atoms with Crippen LogP contribution in [0.15, 0.2) is 30.3 Å². The number of benzene rings is 1. The first-order valence-corrected chi connectivity index (χ1v) is 7.37. The number of hydrogen-bond acceptors (Lipinski definition) is 3. The van der Waals surface area contributed by atoms with Gasteiger partial charge in [0.25, 0.3) is 0 Å². The van der Waals surface area contributed by atoms with Crippen molar-refractivity contribution in [3.05, 3.63) is 35.9 Å². The summed E-state index contributed by atoms with van der Waals surface area (Å²) in [6.45, 7) is 2.64. The smallest absolute Gasteiger partial charge is 0.410 e. The van der Waals surface area contributed by atoms with Crippen LogP contribution in [0.5, 0.6) is 0 Å². The summed E-state index contributed by atoms with van der Waals surface area (Å²) in [5.41, 5.74) is 1.05. The minimum atomic E-state index is -0.447. The number of rotatable bonds is 4. The van der Waals surface area contributed by atoms with E-state index in [1.54, 1.807) is 11.8 Å². The standard InChI is InChI=1S/C16H23NO3/c1-2-20-16(19)17(12-13-8-4-3-5-9-13)14-10-6-7-11-15(14)18/h3-5,8-9,14-15,18H,2,6-7,10-12H2,1H3/t14-,15-/m1/s1. The highest BCUT2D eigenvalue weighted by Gasteiger charge is 2.32. The third-order valence-corrected chi connectivity index (χ3v) is 3.79. The number of carbonyl (C=O) groups excluding carboxylic acids is 1. The maximum Gasteiger partial charge on any atom is 0.410 e. The second kappa shape index (κ2) is 7.29. The van der Waals surface area contributed by atoms with Gasteiger partial charge < -0.3 is 9.84 Å². The Bertz CT molecular complexity index is 421. The molecule has 0 radical (unpaired) electrons. The SMILES string of the molecule is CCOC(=O)N(Cc1ccccc1)[C@@H]1CCCC[C@H]1O. The van der Waals surface area contributed by atoms with Crippen molar-refractivity contribution in [3.8, 4) is 0 Å². The molecule has 1 aliphatic rings. The largest absolute Gasteiger partial charge is 0.450 e. The molecular formula is C16H23NO3. The molecule has 1 aromatic carbocycles. The van der Waals surface area contributed by atoms with Gasteiger partial charge in [0, 0.05) is 6.54 Å².